The van der Waals surface area contributed by atoms with E-state index in [2.05, 4.69) is 39.8 Å². The van der Waals surface area contributed by atoms with Crippen LogP contribution in [0.3, 0.4) is 0 Å². The number of carbonyl (C=O) groups excluding carboxylic acids is 2. The fourth-order valence-electron chi connectivity index (χ4n) is 1.54. The normalized spacial score (nSPS) is 11.3. The first-order chi connectivity index (χ1) is 10.8. The predicted molar refractivity (Wildman–Crippen MR) is 97.8 cm³/mol. The van der Waals surface area contributed by atoms with Crippen LogP contribution in [0.15, 0.2) is 28.7 Å². The molecule has 0 amide bonds. The second-order valence-corrected chi connectivity index (χ2v) is 5.73. The van der Waals surface area contributed by atoms with E-state index in [1.165, 1.54) is 32.4 Å². The van der Waals surface area contributed by atoms with Crippen LogP contribution in [0, 0.1) is 5.92 Å². The lowest BCUT2D eigenvalue weighted by Gasteiger charge is -2.05. The Labute approximate surface area is 142 Å². The third-order valence-corrected chi connectivity index (χ3v) is 3.05. The first-order valence-corrected chi connectivity index (χ1v) is 8.54. The third kappa shape index (κ3) is 13.7. The first-order valence-electron chi connectivity index (χ1n) is 8.54. The van der Waals surface area contributed by atoms with Crippen LogP contribution in [-0.4, -0.2) is 11.6 Å². The van der Waals surface area contributed by atoms with Gasteiger partial charge in [-0.25, -0.2) is 0 Å². The summed E-state index contributed by atoms with van der Waals surface area (Å²) in [6, 6.07) is 4.21. The summed E-state index contributed by atoms with van der Waals surface area (Å²) in [5.74, 6) is 3.29. The minimum atomic E-state index is -0.0970. The number of carbonyl (C=O) groups is 2. The van der Waals surface area contributed by atoms with Crippen molar-refractivity contribution in [2.24, 2.45) is 5.92 Å². The van der Waals surface area contributed by atoms with E-state index in [-0.39, 0.29) is 11.6 Å². The van der Waals surface area contributed by atoms with Gasteiger partial charge in [-0.05, 0) is 44.1 Å². The highest BCUT2D eigenvalue weighted by Crippen LogP contribution is 2.20. The summed E-state index contributed by atoms with van der Waals surface area (Å²) < 4.78 is 5.72. The molecular formula is C20H34O3. The van der Waals surface area contributed by atoms with Crippen LogP contribution in [0.1, 0.15) is 79.2 Å². The fraction of sp³-hybridized carbons (Fsp3) is 0.600. The molecule has 0 radical (unpaired) electrons. The molecule has 1 atom stereocenters. The molecule has 132 valence electrons. The second kappa shape index (κ2) is 14.0. The molecule has 0 saturated heterocycles. The van der Waals surface area contributed by atoms with E-state index in [0.717, 1.165) is 23.9 Å². The highest BCUT2D eigenvalue weighted by molar-refractivity contribution is 5.96. The Hall–Kier alpha value is -1.64. The van der Waals surface area contributed by atoms with Crippen molar-refractivity contribution in [1.82, 2.24) is 0 Å². The van der Waals surface area contributed by atoms with E-state index in [0.29, 0.717) is 5.92 Å². The number of allylic oxidation sites excluding steroid dienone is 2. The van der Waals surface area contributed by atoms with Crippen molar-refractivity contribution >= 4 is 11.6 Å². The molecule has 0 fully saturated rings. The van der Waals surface area contributed by atoms with Gasteiger partial charge < -0.3 is 4.42 Å². The van der Waals surface area contributed by atoms with Gasteiger partial charge in [-0.1, -0.05) is 48.0 Å². The maximum absolute atomic E-state index is 10.1. The van der Waals surface area contributed by atoms with E-state index in [1.54, 1.807) is 0 Å². The van der Waals surface area contributed by atoms with Crippen LogP contribution in [0.2, 0.25) is 0 Å². The van der Waals surface area contributed by atoms with Crippen LogP contribution >= 0.6 is 0 Å². The predicted octanol–water partition coefficient (Wildman–Crippen LogP) is 5.74. The van der Waals surface area contributed by atoms with E-state index in [1.807, 2.05) is 13.8 Å². The minimum Gasteiger partial charge on any atom is -0.466 e. The van der Waals surface area contributed by atoms with E-state index in [4.69, 9.17) is 4.42 Å². The Morgan fingerprint density at radius 2 is 1.52 bits per heavy atom. The molecule has 0 aliphatic carbocycles. The van der Waals surface area contributed by atoms with Gasteiger partial charge in [-0.15, -0.1) is 0 Å². The monoisotopic (exact) mass is 322 g/mol. The van der Waals surface area contributed by atoms with Crippen LogP contribution in [-0.2, 0) is 16.0 Å². The molecule has 0 aliphatic heterocycles. The number of hydrogen-bond acceptors (Lipinski definition) is 3. The standard InChI is InChI=1S/C12H20O.C6H8O2.C2H6/c1-5-10(4)8-11-6-7-12(13-11)9(2)3;1-5(7)3-4-6(2)8;1-2/h6-7,9-10H,5,8H2,1-4H3;3-4H,1-2H3;1-2H3/b;4-3-;. The van der Waals surface area contributed by atoms with Gasteiger partial charge in [0.25, 0.3) is 0 Å². The molecule has 0 aromatic carbocycles. The maximum Gasteiger partial charge on any atom is 0.152 e. The Balaban J connectivity index is 0. The molecule has 3 nitrogen and oxygen atoms in total. The highest BCUT2D eigenvalue weighted by Gasteiger charge is 2.08. The molecule has 0 aliphatic rings. The second-order valence-electron chi connectivity index (χ2n) is 5.73. The molecule has 1 unspecified atom stereocenters. The van der Waals surface area contributed by atoms with Gasteiger partial charge in [0.1, 0.15) is 11.5 Å². The van der Waals surface area contributed by atoms with E-state index < -0.39 is 0 Å². The molecule has 3 heteroatoms. The number of rotatable bonds is 6. The van der Waals surface area contributed by atoms with Crippen molar-refractivity contribution in [3.05, 3.63) is 35.8 Å². The lowest BCUT2D eigenvalue weighted by Crippen LogP contribution is -1.95. The summed E-state index contributed by atoms with van der Waals surface area (Å²) in [4.78, 5) is 20.2. The highest BCUT2D eigenvalue weighted by atomic mass is 16.3. The van der Waals surface area contributed by atoms with Crippen molar-refractivity contribution in [2.45, 2.75) is 74.1 Å². The largest absolute Gasteiger partial charge is 0.466 e. The summed E-state index contributed by atoms with van der Waals surface area (Å²) in [5, 5.41) is 0. The third-order valence-electron chi connectivity index (χ3n) is 3.05. The summed E-state index contributed by atoms with van der Waals surface area (Å²) in [6.07, 6.45) is 4.80. The molecule has 0 saturated carbocycles. The zero-order valence-corrected chi connectivity index (χ0v) is 16.1. The average Bonchev–Trinajstić information content (AvgIpc) is 2.96. The van der Waals surface area contributed by atoms with Crippen LogP contribution in [0.5, 0.6) is 0 Å². The summed E-state index contributed by atoms with van der Waals surface area (Å²) in [6.45, 7) is 15.6. The van der Waals surface area contributed by atoms with E-state index >= 15 is 0 Å². The average molecular weight is 322 g/mol. The Morgan fingerprint density at radius 1 is 1.04 bits per heavy atom. The van der Waals surface area contributed by atoms with Gasteiger partial charge in [0.15, 0.2) is 11.6 Å². The number of hydrogen-bond donors (Lipinski definition) is 0. The first kappa shape index (κ1) is 23.6. The molecule has 1 aromatic heterocycles. The lowest BCUT2D eigenvalue weighted by atomic mass is 10.0. The Bertz CT molecular complexity index is 451. The number of furan rings is 1. The summed E-state index contributed by atoms with van der Waals surface area (Å²) >= 11 is 0. The van der Waals surface area contributed by atoms with E-state index in [9.17, 15) is 9.59 Å². The van der Waals surface area contributed by atoms with Crippen molar-refractivity contribution in [1.29, 1.82) is 0 Å². The van der Waals surface area contributed by atoms with Crippen molar-refractivity contribution in [2.75, 3.05) is 0 Å². The zero-order chi connectivity index (χ0) is 18.4. The maximum atomic E-state index is 10.1. The molecule has 0 bridgehead atoms. The molecular weight excluding hydrogens is 288 g/mol. The smallest absolute Gasteiger partial charge is 0.152 e. The zero-order valence-electron chi connectivity index (χ0n) is 16.1. The van der Waals surface area contributed by atoms with Crippen LogP contribution < -0.4 is 0 Å². The molecule has 23 heavy (non-hydrogen) atoms. The Kier molecular flexibility index (Phi) is 14.4. The molecule has 1 heterocycles. The lowest BCUT2D eigenvalue weighted by molar-refractivity contribution is -0.114. The molecule has 0 N–H and O–H groups in total. The summed E-state index contributed by atoms with van der Waals surface area (Å²) in [5.41, 5.74) is 0. The van der Waals surface area contributed by atoms with Crippen LogP contribution in [0.25, 0.3) is 0 Å². The summed E-state index contributed by atoms with van der Waals surface area (Å²) in [7, 11) is 0. The van der Waals surface area contributed by atoms with Gasteiger partial charge in [-0.2, -0.15) is 0 Å². The molecule has 1 aromatic rings. The molecule has 0 spiro atoms. The Morgan fingerprint density at radius 3 is 1.83 bits per heavy atom. The minimum absolute atomic E-state index is 0.0970. The van der Waals surface area contributed by atoms with Crippen molar-refractivity contribution < 1.29 is 14.0 Å². The van der Waals surface area contributed by atoms with Gasteiger partial charge in [0.2, 0.25) is 0 Å². The topological polar surface area (TPSA) is 47.3 Å². The van der Waals surface area contributed by atoms with Gasteiger partial charge in [-0.3, -0.25) is 9.59 Å². The number of ketones is 2. The van der Waals surface area contributed by atoms with Gasteiger partial charge in [0.05, 0.1) is 0 Å². The van der Waals surface area contributed by atoms with Gasteiger partial charge in [0, 0.05) is 12.3 Å². The van der Waals surface area contributed by atoms with Gasteiger partial charge >= 0.3 is 0 Å². The van der Waals surface area contributed by atoms with Crippen LogP contribution in [0.4, 0.5) is 0 Å². The quantitative estimate of drug-likeness (QED) is 0.627. The van der Waals surface area contributed by atoms with Crippen molar-refractivity contribution in [3.8, 4) is 0 Å². The molecule has 1 rings (SSSR count). The van der Waals surface area contributed by atoms with Crippen molar-refractivity contribution in [3.63, 3.8) is 0 Å². The SMILES string of the molecule is CC.CC(=O)/C=C\C(C)=O.CCC(C)Cc1ccc(C(C)C)o1. The fourth-order valence-corrected chi connectivity index (χ4v) is 1.54.